The van der Waals surface area contributed by atoms with Crippen LogP contribution >= 0.6 is 15.9 Å². The first kappa shape index (κ1) is 15.1. The van der Waals surface area contributed by atoms with E-state index >= 15 is 0 Å². The van der Waals surface area contributed by atoms with E-state index < -0.39 is 11.6 Å². The summed E-state index contributed by atoms with van der Waals surface area (Å²) < 4.78 is 40.2. The molecule has 0 spiro atoms. The van der Waals surface area contributed by atoms with Gasteiger partial charge in [0.05, 0.1) is 0 Å². The molecule has 0 radical (unpaired) electrons. The maximum absolute atomic E-state index is 13.5. The summed E-state index contributed by atoms with van der Waals surface area (Å²) in [6.45, 7) is 0. The molecule has 2 N–H and O–H groups in total. The van der Waals surface area contributed by atoms with Gasteiger partial charge in [0.1, 0.15) is 17.5 Å². The lowest BCUT2D eigenvalue weighted by Gasteiger charge is -2.13. The summed E-state index contributed by atoms with van der Waals surface area (Å²) in [5.41, 5.74) is 7.03. The summed E-state index contributed by atoms with van der Waals surface area (Å²) in [7, 11) is 0. The van der Waals surface area contributed by atoms with Crippen LogP contribution in [-0.2, 0) is 12.8 Å². The quantitative estimate of drug-likeness (QED) is 0.892. The van der Waals surface area contributed by atoms with Crippen LogP contribution in [-0.4, -0.2) is 6.04 Å². The van der Waals surface area contributed by atoms with Gasteiger partial charge in [-0.05, 0) is 48.2 Å². The highest BCUT2D eigenvalue weighted by Gasteiger charge is 2.11. The van der Waals surface area contributed by atoms with Crippen molar-refractivity contribution in [2.75, 3.05) is 0 Å². The zero-order chi connectivity index (χ0) is 14.7. The maximum Gasteiger partial charge on any atom is 0.129 e. The Bertz CT molecular complexity index is 596. The van der Waals surface area contributed by atoms with Gasteiger partial charge in [0.2, 0.25) is 0 Å². The van der Waals surface area contributed by atoms with Gasteiger partial charge in [-0.2, -0.15) is 0 Å². The van der Waals surface area contributed by atoms with E-state index in [1.54, 1.807) is 6.07 Å². The lowest BCUT2D eigenvalue weighted by atomic mass is 9.99. The fourth-order valence-electron chi connectivity index (χ4n) is 2.07. The fraction of sp³-hybridized carbons (Fsp3) is 0.200. The molecule has 5 heteroatoms. The van der Waals surface area contributed by atoms with Crippen molar-refractivity contribution in [3.8, 4) is 0 Å². The van der Waals surface area contributed by atoms with Gasteiger partial charge >= 0.3 is 0 Å². The number of rotatable bonds is 4. The minimum atomic E-state index is -0.617. The number of nitrogens with two attached hydrogens (primary N) is 1. The van der Waals surface area contributed by atoms with Crippen LogP contribution in [0.25, 0.3) is 0 Å². The highest BCUT2D eigenvalue weighted by molar-refractivity contribution is 9.10. The molecule has 0 aliphatic carbocycles. The smallest absolute Gasteiger partial charge is 0.129 e. The summed E-state index contributed by atoms with van der Waals surface area (Å²) >= 11 is 3.21. The van der Waals surface area contributed by atoms with E-state index in [4.69, 9.17) is 5.73 Å². The Morgan fingerprint density at radius 2 is 1.70 bits per heavy atom. The van der Waals surface area contributed by atoms with E-state index in [9.17, 15) is 13.2 Å². The molecule has 2 aromatic carbocycles. The van der Waals surface area contributed by atoms with Crippen molar-refractivity contribution in [1.82, 2.24) is 0 Å². The van der Waals surface area contributed by atoms with Gasteiger partial charge in [-0.25, -0.2) is 13.2 Å². The molecule has 20 heavy (non-hydrogen) atoms. The van der Waals surface area contributed by atoms with E-state index in [1.165, 1.54) is 24.3 Å². The third-order valence-electron chi connectivity index (χ3n) is 2.92. The molecule has 0 aliphatic heterocycles. The molecule has 1 unspecified atom stereocenters. The minimum absolute atomic E-state index is 0.264. The standard InChI is InChI=1S/C15H13BrF3N/c16-11-3-9(4-13(18)7-11)5-14(20)6-10-1-2-12(17)8-15(10)19/h1-4,7-8,14H,5-6,20H2. The van der Waals surface area contributed by atoms with E-state index in [2.05, 4.69) is 15.9 Å². The molecule has 2 rings (SSSR count). The number of benzene rings is 2. The third-order valence-corrected chi connectivity index (χ3v) is 3.38. The first-order valence-electron chi connectivity index (χ1n) is 6.08. The van der Waals surface area contributed by atoms with Gasteiger partial charge < -0.3 is 5.73 Å². The van der Waals surface area contributed by atoms with E-state index in [0.29, 0.717) is 16.5 Å². The van der Waals surface area contributed by atoms with Gasteiger partial charge in [-0.3, -0.25) is 0 Å². The fourth-order valence-corrected chi connectivity index (χ4v) is 2.59. The van der Waals surface area contributed by atoms with E-state index in [-0.39, 0.29) is 18.3 Å². The summed E-state index contributed by atoms with van der Waals surface area (Å²) in [6, 6.07) is 7.56. The Morgan fingerprint density at radius 1 is 0.950 bits per heavy atom. The molecule has 0 saturated heterocycles. The van der Waals surface area contributed by atoms with Gasteiger partial charge in [0.15, 0.2) is 0 Å². The molecular weight excluding hydrogens is 331 g/mol. The van der Waals surface area contributed by atoms with Crippen LogP contribution in [0.5, 0.6) is 0 Å². The number of hydrogen-bond acceptors (Lipinski definition) is 1. The summed E-state index contributed by atoms with van der Waals surface area (Å²) in [4.78, 5) is 0. The first-order chi connectivity index (χ1) is 9.44. The predicted molar refractivity (Wildman–Crippen MR) is 75.8 cm³/mol. The third kappa shape index (κ3) is 4.08. The average molecular weight is 344 g/mol. The molecule has 0 fully saturated rings. The molecular formula is C15H13BrF3N. The Morgan fingerprint density at radius 3 is 2.35 bits per heavy atom. The second-order valence-electron chi connectivity index (χ2n) is 4.68. The SMILES string of the molecule is NC(Cc1cc(F)cc(Br)c1)Cc1ccc(F)cc1F. The van der Waals surface area contributed by atoms with Crippen LogP contribution in [0.15, 0.2) is 40.9 Å². The van der Waals surface area contributed by atoms with Crippen molar-refractivity contribution < 1.29 is 13.2 Å². The number of halogens is 4. The van der Waals surface area contributed by atoms with Crippen molar-refractivity contribution in [3.63, 3.8) is 0 Å². The summed E-state index contributed by atoms with van der Waals surface area (Å²) in [5.74, 6) is -1.58. The van der Waals surface area contributed by atoms with Gasteiger partial charge in [-0.1, -0.05) is 22.0 Å². The van der Waals surface area contributed by atoms with Crippen molar-refractivity contribution in [2.45, 2.75) is 18.9 Å². The number of hydrogen-bond donors (Lipinski definition) is 1. The Kier molecular flexibility index (Phi) is 4.83. The van der Waals surface area contributed by atoms with Gasteiger partial charge in [0, 0.05) is 16.6 Å². The normalized spacial score (nSPS) is 12.4. The van der Waals surface area contributed by atoms with Crippen LogP contribution in [0.2, 0.25) is 0 Å². The highest BCUT2D eigenvalue weighted by atomic mass is 79.9. The zero-order valence-electron chi connectivity index (χ0n) is 10.5. The van der Waals surface area contributed by atoms with Gasteiger partial charge in [-0.15, -0.1) is 0 Å². The molecule has 1 atom stereocenters. The van der Waals surface area contributed by atoms with Crippen molar-refractivity contribution in [1.29, 1.82) is 0 Å². The second kappa shape index (κ2) is 6.41. The maximum atomic E-state index is 13.5. The van der Waals surface area contributed by atoms with Crippen LogP contribution in [0.1, 0.15) is 11.1 Å². The Labute approximate surface area is 123 Å². The van der Waals surface area contributed by atoms with E-state index in [0.717, 1.165) is 11.6 Å². The summed E-state index contributed by atoms with van der Waals surface area (Å²) in [5, 5.41) is 0. The molecule has 0 aliphatic rings. The molecule has 0 aromatic heterocycles. The van der Waals surface area contributed by atoms with Gasteiger partial charge in [0.25, 0.3) is 0 Å². The van der Waals surface area contributed by atoms with Crippen molar-refractivity contribution in [2.24, 2.45) is 5.73 Å². The molecule has 106 valence electrons. The minimum Gasteiger partial charge on any atom is -0.327 e. The van der Waals surface area contributed by atoms with Crippen LogP contribution in [0.4, 0.5) is 13.2 Å². The topological polar surface area (TPSA) is 26.0 Å². The lowest BCUT2D eigenvalue weighted by molar-refractivity contribution is 0.557. The van der Waals surface area contributed by atoms with Crippen LogP contribution in [0, 0.1) is 17.5 Å². The summed E-state index contributed by atoms with van der Waals surface area (Å²) in [6.07, 6.45) is 0.674. The molecule has 2 aromatic rings. The molecule has 1 nitrogen and oxygen atoms in total. The lowest BCUT2D eigenvalue weighted by Crippen LogP contribution is -2.26. The first-order valence-corrected chi connectivity index (χ1v) is 6.88. The molecule has 0 amide bonds. The Hall–Kier alpha value is -1.33. The molecule has 0 saturated carbocycles. The molecule has 0 heterocycles. The van der Waals surface area contributed by atoms with Crippen LogP contribution < -0.4 is 5.73 Å². The highest BCUT2D eigenvalue weighted by Crippen LogP contribution is 2.17. The van der Waals surface area contributed by atoms with Crippen molar-refractivity contribution in [3.05, 3.63) is 69.4 Å². The average Bonchev–Trinajstić information content (AvgIpc) is 2.31. The monoisotopic (exact) mass is 343 g/mol. The van der Waals surface area contributed by atoms with E-state index in [1.807, 2.05) is 0 Å². The zero-order valence-corrected chi connectivity index (χ0v) is 12.1. The van der Waals surface area contributed by atoms with Crippen molar-refractivity contribution >= 4 is 15.9 Å². The largest absolute Gasteiger partial charge is 0.327 e. The second-order valence-corrected chi connectivity index (χ2v) is 5.60. The predicted octanol–water partition coefficient (Wildman–Crippen LogP) is 3.98. The van der Waals surface area contributed by atoms with Crippen LogP contribution in [0.3, 0.4) is 0 Å². The Balaban J connectivity index is 2.06. The molecule has 0 bridgehead atoms.